The zero-order valence-electron chi connectivity index (χ0n) is 13.7. The average molecular weight is 346 g/mol. The number of hydrogen-bond donors (Lipinski definition) is 3. The van der Waals surface area contributed by atoms with E-state index in [1.54, 1.807) is 6.92 Å². The summed E-state index contributed by atoms with van der Waals surface area (Å²) in [5.41, 5.74) is -1.22. The fraction of sp³-hybridized carbons (Fsp3) is 0.444. The van der Waals surface area contributed by atoms with Crippen LogP contribution in [0.4, 0.5) is 0 Å². The zero-order valence-corrected chi connectivity index (χ0v) is 14.5. The van der Waals surface area contributed by atoms with Gasteiger partial charge in [0, 0.05) is 15.6 Å². The van der Waals surface area contributed by atoms with Crippen molar-refractivity contribution < 1.29 is 14.7 Å². The van der Waals surface area contributed by atoms with Crippen molar-refractivity contribution in [3.8, 4) is 0 Å². The minimum absolute atomic E-state index is 0.00323. The molecule has 1 heterocycles. The predicted molar refractivity (Wildman–Crippen MR) is 94.8 cm³/mol. The summed E-state index contributed by atoms with van der Waals surface area (Å²) < 4.78 is 1.08. The summed E-state index contributed by atoms with van der Waals surface area (Å²) >= 11 is 1.49. The highest BCUT2D eigenvalue weighted by molar-refractivity contribution is 7.19. The lowest BCUT2D eigenvalue weighted by atomic mass is 10.0. The summed E-state index contributed by atoms with van der Waals surface area (Å²) in [6.07, 6.45) is 4.04. The quantitative estimate of drug-likeness (QED) is 0.743. The molecular formula is C18H22N2O3S. The molecule has 0 radical (unpaired) electrons. The van der Waals surface area contributed by atoms with Crippen molar-refractivity contribution in [2.24, 2.45) is 0 Å². The average Bonchev–Trinajstić information content (AvgIpc) is 3.21. The van der Waals surface area contributed by atoms with Crippen molar-refractivity contribution in [1.29, 1.82) is 0 Å². The molecule has 1 fully saturated rings. The van der Waals surface area contributed by atoms with Gasteiger partial charge in [-0.1, -0.05) is 31.0 Å². The van der Waals surface area contributed by atoms with E-state index in [-0.39, 0.29) is 12.6 Å². The van der Waals surface area contributed by atoms with Crippen molar-refractivity contribution >= 4 is 33.2 Å². The summed E-state index contributed by atoms with van der Waals surface area (Å²) in [6, 6.07) is 9.90. The number of amides is 2. The molecule has 1 unspecified atom stereocenters. The van der Waals surface area contributed by atoms with Crippen LogP contribution < -0.4 is 10.6 Å². The summed E-state index contributed by atoms with van der Waals surface area (Å²) in [5, 5.41) is 17.0. The van der Waals surface area contributed by atoms with Crippen LogP contribution in [0.5, 0.6) is 0 Å². The van der Waals surface area contributed by atoms with Gasteiger partial charge in [-0.2, -0.15) is 0 Å². The van der Waals surface area contributed by atoms with Crippen LogP contribution in [0.2, 0.25) is 0 Å². The van der Waals surface area contributed by atoms with Crippen molar-refractivity contribution in [2.75, 3.05) is 6.54 Å². The van der Waals surface area contributed by atoms with Crippen molar-refractivity contribution in [3.63, 3.8) is 0 Å². The molecule has 1 aromatic heterocycles. The Bertz CT molecular complexity index is 715. The number of fused-ring (bicyclic) bond motifs is 1. The normalized spacial score (nSPS) is 17.6. The van der Waals surface area contributed by atoms with Gasteiger partial charge in [0.15, 0.2) is 0 Å². The Morgan fingerprint density at radius 2 is 1.96 bits per heavy atom. The maximum atomic E-state index is 12.0. The van der Waals surface area contributed by atoms with Crippen LogP contribution in [-0.2, 0) is 15.2 Å². The SMILES string of the molecule is CC(O)(CNC(=O)C(=O)NC1CCCC1)c1cc2ccccc2s1. The first kappa shape index (κ1) is 16.9. The molecule has 0 spiro atoms. The fourth-order valence-corrected chi connectivity index (χ4v) is 4.09. The number of benzene rings is 1. The predicted octanol–water partition coefficient (Wildman–Crippen LogP) is 2.28. The van der Waals surface area contributed by atoms with Crippen molar-refractivity contribution in [2.45, 2.75) is 44.2 Å². The smallest absolute Gasteiger partial charge is 0.309 e. The third-order valence-electron chi connectivity index (χ3n) is 4.45. The number of aliphatic hydroxyl groups is 1. The van der Waals surface area contributed by atoms with Gasteiger partial charge >= 0.3 is 11.8 Å². The monoisotopic (exact) mass is 346 g/mol. The summed E-state index contributed by atoms with van der Waals surface area (Å²) in [4.78, 5) is 24.6. The highest BCUT2D eigenvalue weighted by Crippen LogP contribution is 2.32. The fourth-order valence-electron chi connectivity index (χ4n) is 2.99. The van der Waals surface area contributed by atoms with Gasteiger partial charge in [-0.3, -0.25) is 9.59 Å². The van der Waals surface area contributed by atoms with Gasteiger partial charge in [-0.05, 0) is 37.3 Å². The molecule has 128 valence electrons. The summed E-state index contributed by atoms with van der Waals surface area (Å²) in [7, 11) is 0. The van der Waals surface area contributed by atoms with E-state index in [0.29, 0.717) is 0 Å². The summed E-state index contributed by atoms with van der Waals surface area (Å²) in [5.74, 6) is -1.31. The minimum Gasteiger partial charge on any atom is -0.383 e. The molecule has 1 saturated carbocycles. The number of nitrogens with one attached hydrogen (secondary N) is 2. The van der Waals surface area contributed by atoms with Gasteiger partial charge in [-0.25, -0.2) is 0 Å². The second kappa shape index (κ2) is 6.91. The Labute approximate surface area is 145 Å². The Morgan fingerprint density at radius 1 is 1.25 bits per heavy atom. The van der Waals surface area contributed by atoms with Crippen LogP contribution in [0.15, 0.2) is 30.3 Å². The third-order valence-corrected chi connectivity index (χ3v) is 5.82. The zero-order chi connectivity index (χ0) is 17.2. The van der Waals surface area contributed by atoms with Gasteiger partial charge in [0.1, 0.15) is 5.60 Å². The number of carbonyl (C=O) groups is 2. The Hall–Kier alpha value is -1.92. The van der Waals surface area contributed by atoms with Crippen LogP contribution in [0.3, 0.4) is 0 Å². The molecule has 1 aromatic carbocycles. The van der Waals surface area contributed by atoms with Crippen molar-refractivity contribution in [1.82, 2.24) is 10.6 Å². The summed E-state index contributed by atoms with van der Waals surface area (Å²) in [6.45, 7) is 1.64. The van der Waals surface area contributed by atoms with E-state index in [0.717, 1.165) is 40.6 Å². The molecule has 3 N–H and O–H groups in total. The van der Waals surface area contributed by atoms with Crippen LogP contribution in [0.1, 0.15) is 37.5 Å². The van der Waals surface area contributed by atoms with Crippen LogP contribution in [0.25, 0.3) is 10.1 Å². The van der Waals surface area contributed by atoms with Crippen LogP contribution >= 0.6 is 11.3 Å². The van der Waals surface area contributed by atoms with Gasteiger partial charge in [0.25, 0.3) is 0 Å². The highest BCUT2D eigenvalue weighted by atomic mass is 32.1. The number of thiophene rings is 1. The van der Waals surface area contributed by atoms with Crippen LogP contribution in [0, 0.1) is 0 Å². The van der Waals surface area contributed by atoms with Gasteiger partial charge in [0.05, 0.1) is 6.54 Å². The van der Waals surface area contributed by atoms with E-state index in [1.807, 2.05) is 30.3 Å². The highest BCUT2D eigenvalue weighted by Gasteiger charge is 2.28. The van der Waals surface area contributed by atoms with Gasteiger partial charge < -0.3 is 15.7 Å². The molecule has 3 rings (SSSR count). The van der Waals surface area contributed by atoms with E-state index in [1.165, 1.54) is 11.3 Å². The first-order valence-corrected chi connectivity index (χ1v) is 9.07. The molecule has 1 aliphatic rings. The lowest BCUT2D eigenvalue weighted by Gasteiger charge is -2.22. The van der Waals surface area contributed by atoms with Gasteiger partial charge in [0.2, 0.25) is 0 Å². The molecule has 1 aliphatic carbocycles. The number of hydrogen-bond acceptors (Lipinski definition) is 4. The molecule has 1 atom stereocenters. The van der Waals surface area contributed by atoms with E-state index >= 15 is 0 Å². The van der Waals surface area contributed by atoms with E-state index < -0.39 is 17.4 Å². The van der Waals surface area contributed by atoms with E-state index in [9.17, 15) is 14.7 Å². The molecule has 2 aromatic rings. The van der Waals surface area contributed by atoms with E-state index in [4.69, 9.17) is 0 Å². The maximum absolute atomic E-state index is 12.0. The molecule has 2 amide bonds. The first-order valence-electron chi connectivity index (χ1n) is 8.26. The van der Waals surface area contributed by atoms with Gasteiger partial charge in [-0.15, -0.1) is 11.3 Å². The molecular weight excluding hydrogens is 324 g/mol. The largest absolute Gasteiger partial charge is 0.383 e. The number of carbonyl (C=O) groups excluding carboxylic acids is 2. The molecule has 6 heteroatoms. The molecule has 0 bridgehead atoms. The second-order valence-electron chi connectivity index (χ2n) is 6.56. The molecule has 5 nitrogen and oxygen atoms in total. The topological polar surface area (TPSA) is 78.4 Å². The Balaban J connectivity index is 1.59. The molecule has 0 saturated heterocycles. The van der Waals surface area contributed by atoms with Crippen molar-refractivity contribution in [3.05, 3.63) is 35.2 Å². The molecule has 0 aliphatic heterocycles. The van der Waals surface area contributed by atoms with E-state index in [2.05, 4.69) is 10.6 Å². The Kier molecular flexibility index (Phi) is 4.87. The lowest BCUT2D eigenvalue weighted by molar-refractivity contribution is -0.140. The molecule has 24 heavy (non-hydrogen) atoms. The maximum Gasteiger partial charge on any atom is 0.309 e. The number of rotatable bonds is 4. The third kappa shape index (κ3) is 3.76. The second-order valence-corrected chi connectivity index (χ2v) is 7.64. The minimum atomic E-state index is -1.22. The lowest BCUT2D eigenvalue weighted by Crippen LogP contribution is -2.47. The first-order chi connectivity index (χ1) is 11.5. The van der Waals surface area contributed by atoms with Crippen LogP contribution in [-0.4, -0.2) is 29.5 Å². The Morgan fingerprint density at radius 3 is 2.67 bits per heavy atom. The standard InChI is InChI=1S/C18H22N2O3S/c1-18(23,15-10-12-6-2-5-9-14(12)24-15)11-19-16(21)17(22)20-13-7-3-4-8-13/h2,5-6,9-10,13,23H,3-4,7-8,11H2,1H3,(H,19,21)(H,20,22).